The highest BCUT2D eigenvalue weighted by Gasteiger charge is 2.26. The van der Waals surface area contributed by atoms with Crippen LogP contribution in [0.4, 0.5) is 5.69 Å². The molecule has 2 aromatic heterocycles. The summed E-state index contributed by atoms with van der Waals surface area (Å²) in [5.74, 6) is 1.61. The third kappa shape index (κ3) is 4.63. The summed E-state index contributed by atoms with van der Waals surface area (Å²) in [5, 5.41) is 2.89. The van der Waals surface area contributed by atoms with Gasteiger partial charge in [-0.1, -0.05) is 6.07 Å². The molecule has 1 atom stereocenters. The van der Waals surface area contributed by atoms with Gasteiger partial charge in [0.25, 0.3) is 5.91 Å². The Labute approximate surface area is 176 Å². The minimum absolute atomic E-state index is 0.214. The van der Waals surface area contributed by atoms with Gasteiger partial charge in [-0.2, -0.15) is 0 Å². The van der Waals surface area contributed by atoms with Crippen molar-refractivity contribution in [1.29, 1.82) is 0 Å². The van der Waals surface area contributed by atoms with Crippen molar-refractivity contribution in [2.45, 2.75) is 25.8 Å². The van der Waals surface area contributed by atoms with Crippen LogP contribution in [-0.4, -0.2) is 46.0 Å². The van der Waals surface area contributed by atoms with Gasteiger partial charge in [0.15, 0.2) is 0 Å². The molecule has 0 aliphatic carbocycles. The molecule has 0 radical (unpaired) electrons. The first-order chi connectivity index (χ1) is 14.6. The summed E-state index contributed by atoms with van der Waals surface area (Å²) < 4.78 is 5.14. The predicted octanol–water partition coefficient (Wildman–Crippen LogP) is 3.43. The fraction of sp³-hybridized carbons (Fsp3) is 0.304. The zero-order valence-electron chi connectivity index (χ0n) is 17.2. The first kappa shape index (κ1) is 20.0. The number of carbonyl (C=O) groups is 1. The summed E-state index contributed by atoms with van der Waals surface area (Å²) in [5.41, 5.74) is 3.09. The van der Waals surface area contributed by atoms with Crippen molar-refractivity contribution < 1.29 is 9.53 Å². The van der Waals surface area contributed by atoms with E-state index in [2.05, 4.69) is 31.2 Å². The molecule has 1 saturated heterocycles. The third-order valence-electron chi connectivity index (χ3n) is 5.36. The van der Waals surface area contributed by atoms with Crippen LogP contribution in [0.15, 0.2) is 55.0 Å². The highest BCUT2D eigenvalue weighted by Crippen LogP contribution is 2.26. The molecule has 7 nitrogen and oxygen atoms in total. The monoisotopic (exact) mass is 403 g/mol. The van der Waals surface area contributed by atoms with Crippen LogP contribution in [0.25, 0.3) is 0 Å². The van der Waals surface area contributed by atoms with Crippen molar-refractivity contribution >= 4 is 11.6 Å². The number of hydrogen-bond donors (Lipinski definition) is 1. The van der Waals surface area contributed by atoms with Gasteiger partial charge in [0.05, 0.1) is 18.4 Å². The van der Waals surface area contributed by atoms with Crippen LogP contribution in [0.1, 0.15) is 39.8 Å². The molecule has 3 aromatic rings. The van der Waals surface area contributed by atoms with Gasteiger partial charge in [0.1, 0.15) is 11.6 Å². The molecule has 4 rings (SSSR count). The van der Waals surface area contributed by atoms with E-state index in [0.29, 0.717) is 16.9 Å². The lowest BCUT2D eigenvalue weighted by molar-refractivity contribution is 0.102. The zero-order valence-corrected chi connectivity index (χ0v) is 17.2. The molecule has 3 heterocycles. The van der Waals surface area contributed by atoms with Crippen LogP contribution >= 0.6 is 0 Å². The van der Waals surface area contributed by atoms with Gasteiger partial charge < -0.3 is 10.1 Å². The van der Waals surface area contributed by atoms with Gasteiger partial charge in [-0.15, -0.1) is 0 Å². The van der Waals surface area contributed by atoms with E-state index < -0.39 is 0 Å². The maximum atomic E-state index is 12.6. The Hall–Kier alpha value is -3.32. The number of aromatic nitrogens is 3. The molecule has 1 aliphatic rings. The quantitative estimate of drug-likeness (QED) is 0.679. The number of pyridine rings is 1. The second-order valence-electron chi connectivity index (χ2n) is 7.49. The van der Waals surface area contributed by atoms with Gasteiger partial charge in [-0.05, 0) is 55.8 Å². The van der Waals surface area contributed by atoms with Crippen molar-refractivity contribution in [3.8, 4) is 5.75 Å². The Balaban J connectivity index is 1.39. The Bertz CT molecular complexity index is 1010. The molecule has 30 heavy (non-hydrogen) atoms. The van der Waals surface area contributed by atoms with Gasteiger partial charge in [-0.25, -0.2) is 9.97 Å². The summed E-state index contributed by atoms with van der Waals surface area (Å²) in [6.07, 6.45) is 6.35. The summed E-state index contributed by atoms with van der Waals surface area (Å²) >= 11 is 0. The Morgan fingerprint density at radius 2 is 2.07 bits per heavy atom. The van der Waals surface area contributed by atoms with Crippen LogP contribution in [0, 0.1) is 6.92 Å². The van der Waals surface area contributed by atoms with Crippen LogP contribution in [0.5, 0.6) is 5.75 Å². The number of ether oxygens (including phenoxy) is 1. The standard InChI is InChI=1S/C23H25N5O2/c1-16-21(23(29)27-19-5-7-20(30-2)8-6-19)13-25-22(26-16)18-9-11-28(15-18)14-17-4-3-10-24-12-17/h3-8,10,12-13,18H,9,11,14-15H2,1-2H3,(H,27,29)/t18-/m0/s1. The number of nitrogens with one attached hydrogen (secondary N) is 1. The maximum Gasteiger partial charge on any atom is 0.259 e. The first-order valence-corrected chi connectivity index (χ1v) is 10.0. The Morgan fingerprint density at radius 1 is 1.23 bits per heavy atom. The fourth-order valence-corrected chi connectivity index (χ4v) is 3.71. The van der Waals surface area contributed by atoms with Gasteiger partial charge in [0, 0.05) is 43.3 Å². The van der Waals surface area contributed by atoms with E-state index in [4.69, 9.17) is 4.74 Å². The number of nitrogens with zero attached hydrogens (tertiary/aromatic N) is 4. The second-order valence-corrected chi connectivity index (χ2v) is 7.49. The number of benzene rings is 1. The molecule has 154 valence electrons. The van der Waals surface area contributed by atoms with Crippen molar-refractivity contribution in [2.24, 2.45) is 0 Å². The lowest BCUT2D eigenvalue weighted by atomic mass is 10.1. The molecule has 1 fully saturated rings. The summed E-state index contributed by atoms with van der Waals surface area (Å²) in [4.78, 5) is 28.4. The number of methoxy groups -OCH3 is 1. The number of aryl methyl sites for hydroxylation is 1. The molecule has 1 aliphatic heterocycles. The largest absolute Gasteiger partial charge is 0.497 e. The molecule has 0 saturated carbocycles. The SMILES string of the molecule is COc1ccc(NC(=O)c2cnc([C@H]3CCN(Cc4cccnc4)C3)nc2C)cc1. The van der Waals surface area contributed by atoms with Crippen molar-refractivity contribution in [3.63, 3.8) is 0 Å². The summed E-state index contributed by atoms with van der Waals surface area (Å²) in [6, 6.07) is 11.3. The van der Waals surface area contributed by atoms with E-state index in [1.165, 1.54) is 5.56 Å². The van der Waals surface area contributed by atoms with Crippen LogP contribution in [0.2, 0.25) is 0 Å². The Kier molecular flexibility index (Phi) is 5.99. The molecule has 0 bridgehead atoms. The zero-order chi connectivity index (χ0) is 20.9. The summed E-state index contributed by atoms with van der Waals surface area (Å²) in [7, 11) is 1.61. The highest BCUT2D eigenvalue weighted by atomic mass is 16.5. The van der Waals surface area contributed by atoms with Crippen LogP contribution in [0.3, 0.4) is 0 Å². The number of likely N-dealkylation sites (tertiary alicyclic amines) is 1. The molecule has 7 heteroatoms. The van der Waals surface area contributed by atoms with E-state index >= 15 is 0 Å². The number of amides is 1. The van der Waals surface area contributed by atoms with Crippen LogP contribution in [-0.2, 0) is 6.54 Å². The van der Waals surface area contributed by atoms with Crippen molar-refractivity contribution in [2.75, 3.05) is 25.5 Å². The minimum atomic E-state index is -0.214. The lowest BCUT2D eigenvalue weighted by Crippen LogP contribution is -2.21. The Morgan fingerprint density at radius 3 is 2.77 bits per heavy atom. The molecule has 1 amide bonds. The average molecular weight is 403 g/mol. The average Bonchev–Trinajstić information content (AvgIpc) is 3.23. The first-order valence-electron chi connectivity index (χ1n) is 10.0. The minimum Gasteiger partial charge on any atom is -0.497 e. The van der Waals surface area contributed by atoms with Gasteiger partial charge in [-0.3, -0.25) is 14.7 Å². The number of carbonyl (C=O) groups excluding carboxylic acids is 1. The normalized spacial score (nSPS) is 16.4. The fourth-order valence-electron chi connectivity index (χ4n) is 3.71. The number of rotatable bonds is 6. The smallest absolute Gasteiger partial charge is 0.259 e. The molecule has 1 N–H and O–H groups in total. The predicted molar refractivity (Wildman–Crippen MR) is 115 cm³/mol. The maximum absolute atomic E-state index is 12.6. The van der Waals surface area contributed by atoms with E-state index in [0.717, 1.165) is 37.6 Å². The molecule has 0 spiro atoms. The molecular formula is C23H25N5O2. The van der Waals surface area contributed by atoms with E-state index in [1.54, 1.807) is 43.8 Å². The summed E-state index contributed by atoms with van der Waals surface area (Å²) in [6.45, 7) is 4.65. The van der Waals surface area contributed by atoms with Crippen molar-refractivity contribution in [3.05, 3.63) is 77.6 Å². The topological polar surface area (TPSA) is 80.2 Å². The molecular weight excluding hydrogens is 378 g/mol. The van der Waals surface area contributed by atoms with Crippen molar-refractivity contribution in [1.82, 2.24) is 19.9 Å². The molecule has 0 unspecified atom stereocenters. The molecule has 1 aromatic carbocycles. The third-order valence-corrected chi connectivity index (χ3v) is 5.36. The van der Waals surface area contributed by atoms with Crippen LogP contribution < -0.4 is 10.1 Å². The van der Waals surface area contributed by atoms with Gasteiger partial charge in [0.2, 0.25) is 0 Å². The second kappa shape index (κ2) is 9.00. The van der Waals surface area contributed by atoms with E-state index in [-0.39, 0.29) is 11.8 Å². The number of hydrogen-bond acceptors (Lipinski definition) is 6. The highest BCUT2D eigenvalue weighted by molar-refractivity contribution is 6.04. The van der Waals surface area contributed by atoms with Gasteiger partial charge >= 0.3 is 0 Å². The lowest BCUT2D eigenvalue weighted by Gasteiger charge is -2.16. The van der Waals surface area contributed by atoms with E-state index in [1.807, 2.05) is 19.2 Å². The number of anilines is 1. The van der Waals surface area contributed by atoms with E-state index in [9.17, 15) is 4.79 Å².